The van der Waals surface area contributed by atoms with Crippen LogP contribution in [-0.2, 0) is 4.74 Å². The minimum absolute atomic E-state index is 0.218. The van der Waals surface area contributed by atoms with Gasteiger partial charge >= 0.3 is 11.9 Å². The number of alkyl halides is 1. The highest BCUT2D eigenvalue weighted by molar-refractivity contribution is 5.91. The highest BCUT2D eigenvalue weighted by Gasteiger charge is 2.13. The lowest BCUT2D eigenvalue weighted by atomic mass is 10.0. The van der Waals surface area contributed by atoms with Crippen LogP contribution in [0.3, 0.4) is 0 Å². The van der Waals surface area contributed by atoms with E-state index in [1.165, 1.54) is 32.1 Å². The van der Waals surface area contributed by atoms with Gasteiger partial charge in [0, 0.05) is 0 Å². The topological polar surface area (TPSA) is 61.8 Å². The van der Waals surface area contributed by atoms with E-state index in [0.717, 1.165) is 49.0 Å². The number of esters is 2. The van der Waals surface area contributed by atoms with Gasteiger partial charge in [-0.05, 0) is 72.5 Å². The van der Waals surface area contributed by atoms with Gasteiger partial charge in [0.25, 0.3) is 0 Å². The molecular weight excluding hydrogens is 531 g/mol. The average Bonchev–Trinajstić information content (AvgIpc) is 3.02. The number of rotatable bonds is 19. The van der Waals surface area contributed by atoms with Gasteiger partial charge < -0.3 is 14.2 Å². The molecule has 1 atom stereocenters. The average molecular weight is 577 g/mol. The molecule has 5 nitrogen and oxygen atoms in total. The molecule has 0 N–H and O–H groups in total. The number of halogens is 1. The summed E-state index contributed by atoms with van der Waals surface area (Å²) in [7, 11) is 0. The predicted molar refractivity (Wildman–Crippen MR) is 166 cm³/mol. The molecular formula is C36H45FO5. The van der Waals surface area contributed by atoms with Gasteiger partial charge in [-0.1, -0.05) is 95.9 Å². The molecule has 0 aliphatic heterocycles. The third-order valence-electron chi connectivity index (χ3n) is 7.14. The minimum Gasteiger partial charge on any atom is -0.494 e. The number of unbranched alkanes of at least 4 members (excludes halogenated alkanes) is 8. The van der Waals surface area contributed by atoms with Crippen LogP contribution in [0, 0.1) is 0 Å². The minimum atomic E-state index is -1.13. The number of ether oxygens (including phenoxy) is 3. The first-order chi connectivity index (χ1) is 20.5. The van der Waals surface area contributed by atoms with Gasteiger partial charge in [-0.3, -0.25) is 0 Å². The van der Waals surface area contributed by atoms with Crippen LogP contribution >= 0.6 is 0 Å². The summed E-state index contributed by atoms with van der Waals surface area (Å²) in [5.74, 6) is 0.206. The Morgan fingerprint density at radius 1 is 0.619 bits per heavy atom. The number of carbonyl (C=O) groups is 2. The lowest BCUT2D eigenvalue weighted by molar-refractivity contribution is 0.0388. The summed E-state index contributed by atoms with van der Waals surface area (Å²) < 4.78 is 30.5. The maximum Gasteiger partial charge on any atom is 0.343 e. The summed E-state index contributed by atoms with van der Waals surface area (Å²) in [6.07, 6.45) is 10.5. The zero-order valence-corrected chi connectivity index (χ0v) is 25.1. The van der Waals surface area contributed by atoms with Crippen LogP contribution in [0.4, 0.5) is 4.39 Å². The van der Waals surface area contributed by atoms with E-state index in [0.29, 0.717) is 29.9 Å². The second-order valence-corrected chi connectivity index (χ2v) is 10.7. The second kappa shape index (κ2) is 18.7. The predicted octanol–water partition coefficient (Wildman–Crippen LogP) is 9.78. The van der Waals surface area contributed by atoms with Crippen molar-refractivity contribution in [2.75, 3.05) is 13.2 Å². The normalized spacial score (nSPS) is 11.6. The van der Waals surface area contributed by atoms with Crippen molar-refractivity contribution in [2.45, 2.75) is 90.6 Å². The first-order valence-corrected chi connectivity index (χ1v) is 15.5. The molecule has 1 unspecified atom stereocenters. The molecule has 0 radical (unpaired) electrons. The van der Waals surface area contributed by atoms with Crippen molar-refractivity contribution in [3.8, 4) is 22.6 Å². The molecule has 0 saturated heterocycles. The number of carbonyl (C=O) groups excluding carboxylic acids is 2. The van der Waals surface area contributed by atoms with Crippen molar-refractivity contribution in [1.29, 1.82) is 0 Å². The Kier molecular flexibility index (Phi) is 14.6. The van der Waals surface area contributed by atoms with Crippen molar-refractivity contribution < 1.29 is 28.2 Å². The monoisotopic (exact) mass is 576 g/mol. The fourth-order valence-electron chi connectivity index (χ4n) is 4.57. The van der Waals surface area contributed by atoms with Crippen LogP contribution in [0.15, 0.2) is 72.8 Å². The van der Waals surface area contributed by atoms with E-state index < -0.39 is 18.1 Å². The summed E-state index contributed by atoms with van der Waals surface area (Å²) >= 11 is 0. The number of hydrogen-bond donors (Lipinski definition) is 0. The third kappa shape index (κ3) is 11.7. The van der Waals surface area contributed by atoms with Gasteiger partial charge in [-0.25, -0.2) is 14.0 Å². The Morgan fingerprint density at radius 3 is 1.76 bits per heavy atom. The maximum atomic E-state index is 14.0. The fourth-order valence-corrected chi connectivity index (χ4v) is 4.57. The van der Waals surface area contributed by atoms with Crippen molar-refractivity contribution in [3.63, 3.8) is 0 Å². The molecule has 0 spiro atoms. The summed E-state index contributed by atoms with van der Waals surface area (Å²) in [5.41, 5.74) is 2.61. The van der Waals surface area contributed by atoms with E-state index in [2.05, 4.69) is 13.8 Å². The van der Waals surface area contributed by atoms with Crippen molar-refractivity contribution in [2.24, 2.45) is 0 Å². The van der Waals surface area contributed by atoms with Gasteiger partial charge in [0.2, 0.25) is 0 Å². The second-order valence-electron chi connectivity index (χ2n) is 10.7. The van der Waals surface area contributed by atoms with Crippen LogP contribution in [-0.4, -0.2) is 31.3 Å². The van der Waals surface area contributed by atoms with E-state index in [-0.39, 0.29) is 6.61 Å². The fraction of sp³-hybridized carbons (Fsp3) is 0.444. The first kappa shape index (κ1) is 32.8. The molecule has 3 aromatic carbocycles. The molecule has 0 aliphatic rings. The molecule has 0 amide bonds. The van der Waals surface area contributed by atoms with Crippen LogP contribution in [0.2, 0.25) is 0 Å². The maximum absolute atomic E-state index is 14.0. The van der Waals surface area contributed by atoms with Crippen LogP contribution < -0.4 is 9.47 Å². The Balaban J connectivity index is 1.42. The molecule has 0 aromatic heterocycles. The van der Waals surface area contributed by atoms with Gasteiger partial charge in [0.15, 0.2) is 0 Å². The molecule has 3 rings (SSSR count). The van der Waals surface area contributed by atoms with Crippen LogP contribution in [0.5, 0.6) is 11.5 Å². The van der Waals surface area contributed by atoms with E-state index in [1.807, 2.05) is 24.3 Å². The summed E-state index contributed by atoms with van der Waals surface area (Å²) in [5, 5.41) is 0. The molecule has 3 aromatic rings. The SMILES string of the molecule is CCCCCCCCOc1ccc(C(=O)Oc2ccc(-c3ccc(C(=O)OCC(F)CCCCCC)cc3)cc2)cc1. The van der Waals surface area contributed by atoms with Crippen molar-refractivity contribution >= 4 is 11.9 Å². The van der Waals surface area contributed by atoms with Gasteiger partial charge in [0.05, 0.1) is 17.7 Å². The highest BCUT2D eigenvalue weighted by atomic mass is 19.1. The Morgan fingerprint density at radius 2 is 1.12 bits per heavy atom. The molecule has 0 fully saturated rings. The summed E-state index contributed by atoms with van der Waals surface area (Å²) in [4.78, 5) is 24.9. The lowest BCUT2D eigenvalue weighted by Crippen LogP contribution is -2.15. The molecule has 6 heteroatoms. The largest absolute Gasteiger partial charge is 0.494 e. The first-order valence-electron chi connectivity index (χ1n) is 15.5. The molecule has 0 aliphatic carbocycles. The Labute approximate surface area is 250 Å². The number of benzene rings is 3. The quantitative estimate of drug-likeness (QED) is 0.0807. The van der Waals surface area contributed by atoms with Gasteiger partial charge in [-0.2, -0.15) is 0 Å². The molecule has 0 bridgehead atoms. The number of hydrogen-bond acceptors (Lipinski definition) is 5. The lowest BCUT2D eigenvalue weighted by Gasteiger charge is -2.10. The van der Waals surface area contributed by atoms with Crippen molar-refractivity contribution in [3.05, 3.63) is 83.9 Å². The standard InChI is InChI=1S/C36H45FO5/c1-3-5-7-9-10-12-26-40-33-22-20-31(21-23-33)36(39)42-34-24-18-29(19-25-34)28-14-16-30(17-15-28)35(38)41-27-32(37)13-11-8-6-4-2/h14-25,32H,3-13,26-27H2,1-2H3. The smallest absolute Gasteiger partial charge is 0.343 e. The van der Waals surface area contributed by atoms with E-state index in [1.54, 1.807) is 48.5 Å². The molecule has 0 heterocycles. The molecule has 0 saturated carbocycles. The summed E-state index contributed by atoms with van der Waals surface area (Å²) in [6.45, 7) is 4.78. The Bertz CT molecular complexity index is 1190. The Hall–Kier alpha value is -3.67. The van der Waals surface area contributed by atoms with Crippen LogP contribution in [0.25, 0.3) is 11.1 Å². The van der Waals surface area contributed by atoms with Crippen molar-refractivity contribution in [1.82, 2.24) is 0 Å². The molecule has 226 valence electrons. The summed E-state index contributed by atoms with van der Waals surface area (Å²) in [6, 6.07) is 21.1. The van der Waals surface area contributed by atoms with Gasteiger partial charge in [-0.15, -0.1) is 0 Å². The van der Waals surface area contributed by atoms with Crippen LogP contribution in [0.1, 0.15) is 105 Å². The highest BCUT2D eigenvalue weighted by Crippen LogP contribution is 2.24. The van der Waals surface area contributed by atoms with E-state index in [9.17, 15) is 14.0 Å². The zero-order valence-electron chi connectivity index (χ0n) is 25.1. The molecule has 42 heavy (non-hydrogen) atoms. The van der Waals surface area contributed by atoms with E-state index in [4.69, 9.17) is 14.2 Å². The zero-order chi connectivity index (χ0) is 30.0. The van der Waals surface area contributed by atoms with E-state index >= 15 is 0 Å². The third-order valence-corrected chi connectivity index (χ3v) is 7.14. The van der Waals surface area contributed by atoms with Gasteiger partial charge in [0.1, 0.15) is 24.3 Å².